The van der Waals surface area contributed by atoms with E-state index >= 15 is 0 Å². The van der Waals surface area contributed by atoms with Gasteiger partial charge >= 0.3 is 0 Å². The summed E-state index contributed by atoms with van der Waals surface area (Å²) in [6.07, 6.45) is 3.46. The Balaban J connectivity index is 1.41. The molecule has 0 unspecified atom stereocenters. The van der Waals surface area contributed by atoms with Crippen LogP contribution in [-0.4, -0.2) is 52.1 Å². The fourth-order valence-corrected chi connectivity index (χ4v) is 4.60. The van der Waals surface area contributed by atoms with Gasteiger partial charge in [0, 0.05) is 36.2 Å². The lowest BCUT2D eigenvalue weighted by molar-refractivity contribution is -0.117. The molecule has 0 saturated carbocycles. The van der Waals surface area contributed by atoms with Crippen molar-refractivity contribution in [2.75, 3.05) is 25.0 Å². The van der Waals surface area contributed by atoms with Gasteiger partial charge in [-0.1, -0.05) is 47.5 Å². The Hall–Kier alpha value is -4.30. The van der Waals surface area contributed by atoms with Crippen molar-refractivity contribution in [2.24, 2.45) is 0 Å². The highest BCUT2D eigenvalue weighted by molar-refractivity contribution is 5.99. The number of imidazole rings is 1. The summed E-state index contributed by atoms with van der Waals surface area (Å²) in [6, 6.07) is 21.3. The summed E-state index contributed by atoms with van der Waals surface area (Å²) in [5.74, 6) is -0.825. The number of amides is 2. The van der Waals surface area contributed by atoms with Gasteiger partial charge in [0.2, 0.25) is 11.9 Å². The third kappa shape index (κ3) is 6.41. The minimum Gasteiger partial charge on any atom is -0.376 e. The molecular weight excluding hydrogens is 495 g/mol. The van der Waals surface area contributed by atoms with Crippen molar-refractivity contribution in [3.63, 3.8) is 0 Å². The van der Waals surface area contributed by atoms with E-state index in [1.807, 2.05) is 73.1 Å². The zero-order chi connectivity index (χ0) is 27.4. The molecule has 1 fully saturated rings. The average molecular weight is 527 g/mol. The Bertz CT molecular complexity index is 1440. The molecule has 2 heterocycles. The van der Waals surface area contributed by atoms with Crippen LogP contribution in [0.2, 0.25) is 0 Å². The number of anilines is 1. The lowest BCUT2D eigenvalue weighted by atomic mass is 10.1. The van der Waals surface area contributed by atoms with Gasteiger partial charge < -0.3 is 9.64 Å². The fourth-order valence-electron chi connectivity index (χ4n) is 4.60. The normalized spacial score (nSPS) is 14.8. The van der Waals surface area contributed by atoms with E-state index in [0.717, 1.165) is 35.2 Å². The van der Waals surface area contributed by atoms with Crippen LogP contribution in [0.15, 0.2) is 79.0 Å². The second-order valence-corrected chi connectivity index (χ2v) is 9.90. The molecular formula is C31H31FN4O3. The van der Waals surface area contributed by atoms with Crippen LogP contribution in [0, 0.1) is 19.7 Å². The van der Waals surface area contributed by atoms with Crippen LogP contribution in [0.4, 0.5) is 10.3 Å². The molecule has 5 rings (SSSR count). The fraction of sp³-hybridized carbons (Fsp3) is 0.258. The Morgan fingerprint density at radius 2 is 1.67 bits per heavy atom. The minimum absolute atomic E-state index is 0.148. The molecule has 2 amide bonds. The zero-order valence-electron chi connectivity index (χ0n) is 22.1. The molecule has 1 aromatic heterocycles. The number of halogens is 1. The molecule has 39 heavy (non-hydrogen) atoms. The predicted molar refractivity (Wildman–Crippen MR) is 148 cm³/mol. The number of benzene rings is 3. The zero-order valence-corrected chi connectivity index (χ0v) is 22.1. The number of carbonyl (C=O) groups excluding carboxylic acids is 2. The van der Waals surface area contributed by atoms with Crippen LogP contribution in [0.1, 0.15) is 34.3 Å². The topological polar surface area (TPSA) is 76.5 Å². The largest absolute Gasteiger partial charge is 0.376 e. The van der Waals surface area contributed by atoms with Crippen molar-refractivity contribution >= 4 is 17.8 Å². The number of nitrogens with zero attached hydrogens (tertiary/aromatic N) is 3. The van der Waals surface area contributed by atoms with E-state index in [2.05, 4.69) is 5.32 Å². The van der Waals surface area contributed by atoms with E-state index in [1.54, 1.807) is 0 Å². The summed E-state index contributed by atoms with van der Waals surface area (Å²) < 4.78 is 21.0. The molecule has 0 radical (unpaired) electrons. The molecule has 0 bridgehead atoms. The van der Waals surface area contributed by atoms with Crippen molar-refractivity contribution in [3.8, 4) is 16.9 Å². The van der Waals surface area contributed by atoms with Crippen molar-refractivity contribution in [1.29, 1.82) is 0 Å². The summed E-state index contributed by atoms with van der Waals surface area (Å²) in [7, 11) is 0. The Labute approximate surface area is 227 Å². The molecule has 1 atom stereocenters. The van der Waals surface area contributed by atoms with E-state index in [1.165, 1.54) is 29.2 Å². The van der Waals surface area contributed by atoms with Gasteiger partial charge in [-0.3, -0.25) is 19.5 Å². The van der Waals surface area contributed by atoms with E-state index in [9.17, 15) is 14.0 Å². The highest BCUT2D eigenvalue weighted by Gasteiger charge is 2.26. The molecule has 8 heteroatoms. The summed E-state index contributed by atoms with van der Waals surface area (Å²) >= 11 is 0. The molecule has 1 saturated heterocycles. The molecule has 0 aliphatic carbocycles. The van der Waals surface area contributed by atoms with Crippen molar-refractivity contribution < 1.29 is 18.7 Å². The van der Waals surface area contributed by atoms with E-state index in [-0.39, 0.29) is 25.1 Å². The van der Waals surface area contributed by atoms with Gasteiger partial charge in [0.1, 0.15) is 12.4 Å². The van der Waals surface area contributed by atoms with Crippen LogP contribution in [0.3, 0.4) is 0 Å². The van der Waals surface area contributed by atoms with Crippen LogP contribution in [-0.2, 0) is 9.53 Å². The maximum absolute atomic E-state index is 13.5. The Morgan fingerprint density at radius 3 is 2.31 bits per heavy atom. The van der Waals surface area contributed by atoms with Crippen LogP contribution < -0.4 is 5.32 Å². The van der Waals surface area contributed by atoms with Crippen LogP contribution in [0.5, 0.6) is 0 Å². The maximum Gasteiger partial charge on any atom is 0.254 e. The van der Waals surface area contributed by atoms with Gasteiger partial charge in [0.15, 0.2) is 0 Å². The molecule has 1 aliphatic rings. The maximum atomic E-state index is 13.5. The minimum atomic E-state index is -0.428. The first-order valence-electron chi connectivity index (χ1n) is 13.1. The second-order valence-electron chi connectivity index (χ2n) is 9.90. The first-order chi connectivity index (χ1) is 18.9. The number of hydrogen-bond acceptors (Lipinski definition) is 4. The lowest BCUT2D eigenvalue weighted by Crippen LogP contribution is -2.42. The third-order valence-corrected chi connectivity index (χ3v) is 6.78. The second kappa shape index (κ2) is 11.6. The third-order valence-electron chi connectivity index (χ3n) is 6.78. The monoisotopic (exact) mass is 526 g/mol. The molecule has 3 aromatic carbocycles. The molecule has 0 spiro atoms. The number of ether oxygens (including phenoxy) is 1. The molecule has 7 nitrogen and oxygen atoms in total. The molecule has 200 valence electrons. The highest BCUT2D eigenvalue weighted by Crippen LogP contribution is 2.25. The number of nitrogens with one attached hydrogen (secondary N) is 1. The predicted octanol–water partition coefficient (Wildman–Crippen LogP) is 5.56. The number of hydrogen-bond donors (Lipinski definition) is 1. The Morgan fingerprint density at radius 1 is 1.00 bits per heavy atom. The summed E-state index contributed by atoms with van der Waals surface area (Å²) in [5, 5.41) is 2.91. The van der Waals surface area contributed by atoms with Crippen LogP contribution in [0.25, 0.3) is 16.9 Å². The molecule has 1 N–H and O–H groups in total. The van der Waals surface area contributed by atoms with Gasteiger partial charge in [-0.05, 0) is 63.1 Å². The highest BCUT2D eigenvalue weighted by atomic mass is 19.1. The summed E-state index contributed by atoms with van der Waals surface area (Å²) in [5.41, 5.74) is 5.05. The van der Waals surface area contributed by atoms with Gasteiger partial charge in [-0.25, -0.2) is 9.37 Å². The lowest BCUT2D eigenvalue weighted by Gasteiger charge is -2.25. The van der Waals surface area contributed by atoms with E-state index < -0.39 is 11.7 Å². The standard InChI is InChI=1S/C31H31FN4O3/c1-21-5-9-23(10-6-21)28-19-36(26-15-7-22(2)8-16-26)31(33-28)34-29(37)20-35(18-27-4-3-17-39-27)30(38)24-11-13-25(32)14-12-24/h5-16,19,27H,3-4,17-18,20H2,1-2H3,(H,33,34,37)/t27-/m0/s1. The van der Waals surface area contributed by atoms with Gasteiger partial charge in [-0.2, -0.15) is 0 Å². The smallest absolute Gasteiger partial charge is 0.254 e. The number of carbonyl (C=O) groups is 2. The van der Waals surface area contributed by atoms with Crippen molar-refractivity contribution in [3.05, 3.63) is 102 Å². The number of aryl methyl sites for hydroxylation is 2. The Kier molecular flexibility index (Phi) is 7.84. The first kappa shape index (κ1) is 26.3. The SMILES string of the molecule is Cc1ccc(-c2cn(-c3ccc(C)cc3)c(NC(=O)CN(C[C@@H]3CCCO3)C(=O)c3ccc(F)cc3)n2)cc1. The van der Waals surface area contributed by atoms with Crippen molar-refractivity contribution in [1.82, 2.24) is 14.5 Å². The summed E-state index contributed by atoms with van der Waals surface area (Å²) in [6.45, 7) is 4.74. The van der Waals surface area contributed by atoms with Crippen LogP contribution >= 0.6 is 0 Å². The average Bonchev–Trinajstić information content (AvgIpc) is 3.59. The van der Waals surface area contributed by atoms with E-state index in [0.29, 0.717) is 23.8 Å². The molecule has 1 aliphatic heterocycles. The quantitative estimate of drug-likeness (QED) is 0.326. The summed E-state index contributed by atoms with van der Waals surface area (Å²) in [4.78, 5) is 32.9. The molecule has 4 aromatic rings. The van der Waals surface area contributed by atoms with Crippen molar-refractivity contribution in [2.45, 2.75) is 32.8 Å². The van der Waals surface area contributed by atoms with Gasteiger partial charge in [-0.15, -0.1) is 0 Å². The van der Waals surface area contributed by atoms with Gasteiger partial charge in [0.05, 0.1) is 11.8 Å². The number of aromatic nitrogens is 2. The van der Waals surface area contributed by atoms with E-state index in [4.69, 9.17) is 9.72 Å². The van der Waals surface area contributed by atoms with Gasteiger partial charge in [0.25, 0.3) is 5.91 Å². The first-order valence-corrected chi connectivity index (χ1v) is 13.1. The number of rotatable bonds is 8.